The molecule has 1 aliphatic rings. The molecule has 96 valence electrons. The first kappa shape index (κ1) is 12.3. The Hall–Kier alpha value is -2.11. The topological polar surface area (TPSA) is 105 Å². The first-order valence-corrected chi connectivity index (χ1v) is 5.83. The predicted octanol–water partition coefficient (Wildman–Crippen LogP) is 0.846. The Kier molecular flexibility index (Phi) is 3.45. The summed E-state index contributed by atoms with van der Waals surface area (Å²) in [6.45, 7) is 0. The highest BCUT2D eigenvalue weighted by molar-refractivity contribution is 5.92. The van der Waals surface area contributed by atoms with Crippen LogP contribution in [-0.2, 0) is 4.79 Å². The van der Waals surface area contributed by atoms with Crippen LogP contribution in [0.4, 0.5) is 5.82 Å². The molecule has 2 atom stereocenters. The number of amides is 1. The van der Waals surface area contributed by atoms with Crippen LogP contribution in [-0.4, -0.2) is 28.0 Å². The van der Waals surface area contributed by atoms with E-state index in [1.807, 2.05) is 0 Å². The number of carbonyl (C=O) groups excluding carboxylic acids is 1. The number of carboxylic acid groups (broad SMARTS) is 1. The lowest BCUT2D eigenvalue weighted by atomic mass is 10.0. The van der Waals surface area contributed by atoms with Crippen molar-refractivity contribution in [2.45, 2.75) is 25.3 Å². The minimum atomic E-state index is -0.779. The molecule has 18 heavy (non-hydrogen) atoms. The summed E-state index contributed by atoms with van der Waals surface area (Å²) in [5, 5.41) is 12.2. The fraction of sp³-hybridized carbons (Fsp3) is 0.417. The molecule has 1 aliphatic carbocycles. The third kappa shape index (κ3) is 2.58. The summed E-state index contributed by atoms with van der Waals surface area (Å²) < 4.78 is 0. The molecule has 6 heteroatoms. The molecule has 6 nitrogen and oxygen atoms in total. The Morgan fingerprint density at radius 1 is 1.39 bits per heavy atom. The summed E-state index contributed by atoms with van der Waals surface area (Å²) in [6.07, 6.45) is 3.78. The first-order chi connectivity index (χ1) is 8.58. The molecular weight excluding hydrogens is 234 g/mol. The molecule has 4 N–H and O–H groups in total. The summed E-state index contributed by atoms with van der Waals surface area (Å²) >= 11 is 0. The fourth-order valence-electron chi connectivity index (χ4n) is 2.24. The Labute approximate surface area is 104 Å². The minimum absolute atomic E-state index is 0.102. The summed E-state index contributed by atoms with van der Waals surface area (Å²) in [6, 6.07) is 3.11. The van der Waals surface area contributed by atoms with Crippen LogP contribution in [0.15, 0.2) is 18.3 Å². The van der Waals surface area contributed by atoms with Gasteiger partial charge >= 0.3 is 5.97 Å². The van der Waals surface area contributed by atoms with Gasteiger partial charge < -0.3 is 16.2 Å². The summed E-state index contributed by atoms with van der Waals surface area (Å²) in [5.41, 5.74) is 5.45. The SMILES string of the molecule is NC(=O)c1ccc(NC2CCCC2C(=O)O)nc1. The first-order valence-electron chi connectivity index (χ1n) is 5.83. The van der Waals surface area contributed by atoms with Crippen LogP contribution in [0.5, 0.6) is 0 Å². The fourth-order valence-corrected chi connectivity index (χ4v) is 2.24. The van der Waals surface area contributed by atoms with Gasteiger partial charge in [-0.3, -0.25) is 9.59 Å². The van der Waals surface area contributed by atoms with Crippen molar-refractivity contribution in [2.75, 3.05) is 5.32 Å². The molecule has 0 saturated heterocycles. The summed E-state index contributed by atoms with van der Waals surface area (Å²) in [4.78, 5) is 26.0. The molecule has 2 unspecified atom stereocenters. The van der Waals surface area contributed by atoms with E-state index in [0.717, 1.165) is 12.8 Å². The van der Waals surface area contributed by atoms with Crippen molar-refractivity contribution in [1.29, 1.82) is 0 Å². The average Bonchev–Trinajstić information content (AvgIpc) is 2.78. The number of aliphatic carboxylic acids is 1. The average molecular weight is 249 g/mol. The lowest BCUT2D eigenvalue weighted by Gasteiger charge is -2.18. The number of nitrogens with one attached hydrogen (secondary N) is 1. The maximum absolute atomic E-state index is 11.0. The van der Waals surface area contributed by atoms with Gasteiger partial charge in [-0.15, -0.1) is 0 Å². The summed E-state index contributed by atoms with van der Waals surface area (Å²) in [5.74, 6) is -1.11. The molecule has 1 saturated carbocycles. The largest absolute Gasteiger partial charge is 0.481 e. The maximum Gasteiger partial charge on any atom is 0.308 e. The van der Waals surface area contributed by atoms with Gasteiger partial charge in [0.05, 0.1) is 11.5 Å². The standard InChI is InChI=1S/C12H15N3O3/c13-11(16)7-4-5-10(14-6-7)15-9-3-1-2-8(9)12(17)18/h4-6,8-9H,1-3H2,(H2,13,16)(H,14,15)(H,17,18). The Morgan fingerprint density at radius 3 is 2.72 bits per heavy atom. The van der Waals surface area contributed by atoms with E-state index in [9.17, 15) is 9.59 Å². The van der Waals surface area contributed by atoms with Gasteiger partial charge in [0.15, 0.2) is 0 Å². The zero-order valence-electron chi connectivity index (χ0n) is 9.80. The lowest BCUT2D eigenvalue weighted by Crippen LogP contribution is -2.30. The number of carbonyl (C=O) groups is 2. The number of carboxylic acids is 1. The van der Waals surface area contributed by atoms with Gasteiger partial charge in [-0.1, -0.05) is 6.42 Å². The molecule has 1 aromatic heterocycles. The second-order valence-electron chi connectivity index (χ2n) is 4.42. The number of pyridine rings is 1. The van der Waals surface area contributed by atoms with Crippen LogP contribution < -0.4 is 11.1 Å². The molecular formula is C12H15N3O3. The van der Waals surface area contributed by atoms with Crippen molar-refractivity contribution in [3.05, 3.63) is 23.9 Å². The van der Waals surface area contributed by atoms with Gasteiger partial charge in [-0.2, -0.15) is 0 Å². The van der Waals surface area contributed by atoms with Gasteiger partial charge in [0.25, 0.3) is 0 Å². The van der Waals surface area contributed by atoms with Crippen LogP contribution >= 0.6 is 0 Å². The van der Waals surface area contributed by atoms with Gasteiger partial charge in [0.1, 0.15) is 5.82 Å². The van der Waals surface area contributed by atoms with Crippen LogP contribution in [0, 0.1) is 5.92 Å². The third-order valence-electron chi connectivity index (χ3n) is 3.21. The number of aromatic nitrogens is 1. The smallest absolute Gasteiger partial charge is 0.308 e. The second kappa shape index (κ2) is 5.03. The Morgan fingerprint density at radius 2 is 2.17 bits per heavy atom. The van der Waals surface area contributed by atoms with Crippen molar-refractivity contribution >= 4 is 17.7 Å². The van der Waals surface area contributed by atoms with Crippen molar-refractivity contribution in [3.63, 3.8) is 0 Å². The molecule has 0 bridgehead atoms. The zero-order valence-corrected chi connectivity index (χ0v) is 9.80. The Balaban J connectivity index is 2.05. The van der Waals surface area contributed by atoms with Gasteiger partial charge in [0.2, 0.25) is 5.91 Å². The molecule has 0 radical (unpaired) electrons. The van der Waals surface area contributed by atoms with E-state index in [-0.39, 0.29) is 12.0 Å². The van der Waals surface area contributed by atoms with Gasteiger partial charge in [-0.25, -0.2) is 4.98 Å². The normalized spacial score (nSPS) is 22.7. The molecule has 1 aromatic rings. The number of rotatable bonds is 4. The van der Waals surface area contributed by atoms with E-state index in [2.05, 4.69) is 10.3 Å². The van der Waals surface area contributed by atoms with E-state index in [1.54, 1.807) is 12.1 Å². The number of hydrogen-bond acceptors (Lipinski definition) is 4. The summed E-state index contributed by atoms with van der Waals surface area (Å²) in [7, 11) is 0. The number of nitrogens with two attached hydrogens (primary N) is 1. The van der Waals surface area contributed by atoms with Crippen molar-refractivity contribution < 1.29 is 14.7 Å². The highest BCUT2D eigenvalue weighted by atomic mass is 16.4. The highest BCUT2D eigenvalue weighted by Crippen LogP contribution is 2.28. The molecule has 1 fully saturated rings. The highest BCUT2D eigenvalue weighted by Gasteiger charge is 2.32. The van der Waals surface area contributed by atoms with E-state index in [1.165, 1.54) is 6.20 Å². The lowest BCUT2D eigenvalue weighted by molar-refractivity contribution is -0.141. The minimum Gasteiger partial charge on any atom is -0.481 e. The molecule has 0 aliphatic heterocycles. The zero-order chi connectivity index (χ0) is 13.1. The van der Waals surface area contributed by atoms with Crippen LogP contribution in [0.3, 0.4) is 0 Å². The molecule has 0 aromatic carbocycles. The van der Waals surface area contributed by atoms with Crippen molar-refractivity contribution in [2.24, 2.45) is 11.7 Å². The number of nitrogens with zero attached hydrogens (tertiary/aromatic N) is 1. The van der Waals surface area contributed by atoms with Gasteiger partial charge in [0, 0.05) is 12.2 Å². The number of hydrogen-bond donors (Lipinski definition) is 3. The number of primary amides is 1. The van der Waals surface area contributed by atoms with Crippen molar-refractivity contribution in [1.82, 2.24) is 4.98 Å². The maximum atomic E-state index is 11.0. The van der Waals surface area contributed by atoms with Crippen LogP contribution in [0.1, 0.15) is 29.6 Å². The van der Waals surface area contributed by atoms with E-state index < -0.39 is 11.9 Å². The van der Waals surface area contributed by atoms with Crippen LogP contribution in [0.2, 0.25) is 0 Å². The third-order valence-corrected chi connectivity index (χ3v) is 3.21. The molecule has 1 amide bonds. The predicted molar refractivity (Wildman–Crippen MR) is 65.1 cm³/mol. The molecule has 1 heterocycles. The van der Waals surface area contributed by atoms with E-state index in [4.69, 9.17) is 10.8 Å². The quantitative estimate of drug-likeness (QED) is 0.733. The number of anilines is 1. The molecule has 0 spiro atoms. The molecule has 2 rings (SSSR count). The second-order valence-corrected chi connectivity index (χ2v) is 4.42. The van der Waals surface area contributed by atoms with E-state index >= 15 is 0 Å². The van der Waals surface area contributed by atoms with Crippen molar-refractivity contribution in [3.8, 4) is 0 Å². The monoisotopic (exact) mass is 249 g/mol. The Bertz CT molecular complexity index is 458. The van der Waals surface area contributed by atoms with Gasteiger partial charge in [-0.05, 0) is 25.0 Å². The van der Waals surface area contributed by atoms with Crippen LogP contribution in [0.25, 0.3) is 0 Å². The van der Waals surface area contributed by atoms with E-state index in [0.29, 0.717) is 17.8 Å².